The minimum absolute atomic E-state index is 0.0522. The first-order valence-corrected chi connectivity index (χ1v) is 11.2. The zero-order valence-electron chi connectivity index (χ0n) is 19.6. The van der Waals surface area contributed by atoms with Gasteiger partial charge in [0.25, 0.3) is 0 Å². The summed E-state index contributed by atoms with van der Waals surface area (Å²) < 4.78 is 5.38. The molecule has 2 aromatic carbocycles. The normalized spacial score (nSPS) is 15.2. The minimum Gasteiger partial charge on any atom is -0.508 e. The van der Waals surface area contributed by atoms with Crippen LogP contribution in [0.3, 0.4) is 0 Å². The quantitative estimate of drug-likeness (QED) is 0.435. The van der Waals surface area contributed by atoms with Crippen LogP contribution >= 0.6 is 0 Å². The Hall–Kier alpha value is -3.26. The van der Waals surface area contributed by atoms with Gasteiger partial charge in [-0.3, -0.25) is 14.9 Å². The van der Waals surface area contributed by atoms with Gasteiger partial charge in [-0.2, -0.15) is 0 Å². The van der Waals surface area contributed by atoms with E-state index in [2.05, 4.69) is 10.2 Å². The Morgan fingerprint density at radius 2 is 1.64 bits per heavy atom. The van der Waals surface area contributed by atoms with E-state index in [4.69, 9.17) is 10.5 Å². The largest absolute Gasteiger partial charge is 0.508 e. The number of carbonyl (C=O) groups excluding carboxylic acids is 2. The Labute approximate surface area is 195 Å². The molecule has 0 radical (unpaired) electrons. The van der Waals surface area contributed by atoms with Gasteiger partial charge in [0.1, 0.15) is 11.4 Å². The summed E-state index contributed by atoms with van der Waals surface area (Å²) in [7, 11) is 0. The van der Waals surface area contributed by atoms with Crippen molar-refractivity contribution in [1.29, 1.82) is 0 Å². The number of anilines is 2. The van der Waals surface area contributed by atoms with Crippen LogP contribution in [0.5, 0.6) is 5.75 Å². The number of ether oxygens (including phenoxy) is 1. The summed E-state index contributed by atoms with van der Waals surface area (Å²) in [5.74, 6) is -0.287. The molecule has 1 aliphatic rings. The fraction of sp³-hybridized carbons (Fsp3) is 0.440. The van der Waals surface area contributed by atoms with Crippen LogP contribution in [0.2, 0.25) is 0 Å². The van der Waals surface area contributed by atoms with E-state index >= 15 is 0 Å². The maximum Gasteiger partial charge on any atom is 0.320 e. The highest BCUT2D eigenvalue weighted by Gasteiger charge is 2.29. The number of esters is 1. The number of piperazine rings is 1. The smallest absolute Gasteiger partial charge is 0.320 e. The number of phenolic OH excluding ortho intramolecular Hbond substituents is 1. The molecule has 1 unspecified atom stereocenters. The number of nitrogens with two attached hydrogens (primary N) is 1. The molecule has 0 saturated carbocycles. The third-order valence-corrected chi connectivity index (χ3v) is 5.44. The molecule has 8 nitrogen and oxygen atoms in total. The molecule has 0 bridgehead atoms. The Balaban J connectivity index is 1.64. The van der Waals surface area contributed by atoms with E-state index in [9.17, 15) is 14.7 Å². The third-order valence-electron chi connectivity index (χ3n) is 5.44. The molecule has 8 heteroatoms. The maximum absolute atomic E-state index is 13.4. The highest BCUT2D eigenvalue weighted by atomic mass is 16.6. The fourth-order valence-corrected chi connectivity index (χ4v) is 3.79. The minimum atomic E-state index is -0.590. The molecule has 2 aromatic rings. The lowest BCUT2D eigenvalue weighted by molar-refractivity contribution is -0.153. The standard InChI is InChI=1S/C25H34N4O4/c1-25(2,3)33-23(31)17-27-22(16-18-4-10-21(30)11-5-18)24(32)29-14-12-28(13-15-29)20-8-6-19(26)7-9-20/h4-11,22,27,30H,12-17,26H2,1-3H3. The number of nitrogens with zero attached hydrogens (tertiary/aromatic N) is 2. The molecule has 0 aromatic heterocycles. The second kappa shape index (κ2) is 10.6. The second-order valence-electron chi connectivity index (χ2n) is 9.29. The van der Waals surface area contributed by atoms with Crippen molar-refractivity contribution in [3.63, 3.8) is 0 Å². The average molecular weight is 455 g/mol. The predicted octanol–water partition coefficient (Wildman–Crippen LogP) is 2.17. The van der Waals surface area contributed by atoms with Crippen LogP contribution in [0.4, 0.5) is 11.4 Å². The monoisotopic (exact) mass is 454 g/mol. The Morgan fingerprint density at radius 3 is 2.21 bits per heavy atom. The summed E-state index contributed by atoms with van der Waals surface area (Å²) in [6.07, 6.45) is 0.403. The Morgan fingerprint density at radius 1 is 1.03 bits per heavy atom. The summed E-state index contributed by atoms with van der Waals surface area (Å²) >= 11 is 0. The van der Waals surface area contributed by atoms with E-state index in [0.717, 1.165) is 16.9 Å². The first kappa shape index (κ1) is 24.4. The number of rotatable bonds is 7. The number of aromatic hydroxyl groups is 1. The molecular formula is C25H34N4O4. The van der Waals surface area contributed by atoms with Gasteiger partial charge in [-0.15, -0.1) is 0 Å². The number of phenols is 1. The molecule has 0 spiro atoms. The van der Waals surface area contributed by atoms with E-state index < -0.39 is 17.6 Å². The number of nitrogens with one attached hydrogen (secondary N) is 1. The van der Waals surface area contributed by atoms with Crippen molar-refractivity contribution in [2.24, 2.45) is 0 Å². The van der Waals surface area contributed by atoms with Gasteiger partial charge in [0.05, 0.1) is 12.6 Å². The van der Waals surface area contributed by atoms with Crippen LogP contribution < -0.4 is 16.0 Å². The lowest BCUT2D eigenvalue weighted by Crippen LogP contribution is -2.55. The second-order valence-corrected chi connectivity index (χ2v) is 9.29. The number of carbonyl (C=O) groups is 2. The average Bonchev–Trinajstić information content (AvgIpc) is 2.77. The summed E-state index contributed by atoms with van der Waals surface area (Å²) in [6, 6.07) is 13.9. The van der Waals surface area contributed by atoms with Crippen molar-refractivity contribution >= 4 is 23.3 Å². The van der Waals surface area contributed by atoms with Crippen molar-refractivity contribution in [1.82, 2.24) is 10.2 Å². The highest BCUT2D eigenvalue weighted by molar-refractivity contribution is 5.83. The molecule has 1 fully saturated rings. The van der Waals surface area contributed by atoms with Crippen molar-refractivity contribution in [3.8, 4) is 5.75 Å². The van der Waals surface area contributed by atoms with Gasteiger partial charge in [0, 0.05) is 37.6 Å². The summed E-state index contributed by atoms with van der Waals surface area (Å²) in [5.41, 5.74) is 7.89. The van der Waals surface area contributed by atoms with Gasteiger partial charge in [0.2, 0.25) is 5.91 Å². The zero-order valence-corrected chi connectivity index (χ0v) is 19.6. The number of benzene rings is 2. The molecule has 1 heterocycles. The molecule has 1 aliphatic heterocycles. The first-order valence-electron chi connectivity index (χ1n) is 11.2. The molecular weight excluding hydrogens is 420 g/mol. The van der Waals surface area contributed by atoms with Gasteiger partial charge in [-0.25, -0.2) is 0 Å². The van der Waals surface area contributed by atoms with Crippen molar-refractivity contribution in [2.75, 3.05) is 43.4 Å². The molecule has 0 aliphatic carbocycles. The first-order chi connectivity index (χ1) is 15.6. The predicted molar refractivity (Wildman–Crippen MR) is 129 cm³/mol. The molecule has 1 saturated heterocycles. The number of nitrogen functional groups attached to an aromatic ring is 1. The van der Waals surface area contributed by atoms with Crippen LogP contribution in [-0.4, -0.2) is 66.2 Å². The Kier molecular flexibility index (Phi) is 7.81. The van der Waals surface area contributed by atoms with Crippen molar-refractivity contribution < 1.29 is 19.4 Å². The molecule has 3 rings (SSSR count). The third kappa shape index (κ3) is 7.39. The van der Waals surface area contributed by atoms with E-state index in [1.54, 1.807) is 24.3 Å². The van der Waals surface area contributed by atoms with E-state index in [1.807, 2.05) is 49.9 Å². The van der Waals surface area contributed by atoms with E-state index in [1.165, 1.54) is 0 Å². The number of amides is 1. The van der Waals surface area contributed by atoms with Crippen LogP contribution in [0, 0.1) is 0 Å². The fourth-order valence-electron chi connectivity index (χ4n) is 3.79. The van der Waals surface area contributed by atoms with Gasteiger partial charge in [-0.05, 0) is 69.2 Å². The van der Waals surface area contributed by atoms with Crippen LogP contribution in [-0.2, 0) is 20.7 Å². The maximum atomic E-state index is 13.4. The van der Waals surface area contributed by atoms with Crippen molar-refractivity contribution in [3.05, 3.63) is 54.1 Å². The zero-order chi connectivity index (χ0) is 24.0. The molecule has 178 valence electrons. The highest BCUT2D eigenvalue weighted by Crippen LogP contribution is 2.19. The number of hydrogen-bond acceptors (Lipinski definition) is 7. The molecule has 4 N–H and O–H groups in total. The van der Waals surface area contributed by atoms with Gasteiger partial charge < -0.3 is 25.4 Å². The number of hydrogen-bond donors (Lipinski definition) is 3. The molecule has 33 heavy (non-hydrogen) atoms. The summed E-state index contributed by atoms with van der Waals surface area (Å²) in [5, 5.41) is 12.7. The van der Waals surface area contributed by atoms with Crippen LogP contribution in [0.15, 0.2) is 48.5 Å². The molecule has 1 amide bonds. The lowest BCUT2D eigenvalue weighted by Gasteiger charge is -2.37. The SMILES string of the molecule is CC(C)(C)OC(=O)CNC(Cc1ccc(O)cc1)C(=O)N1CCN(c2ccc(N)cc2)CC1. The topological polar surface area (TPSA) is 108 Å². The van der Waals surface area contributed by atoms with Crippen LogP contribution in [0.25, 0.3) is 0 Å². The van der Waals surface area contributed by atoms with Gasteiger partial charge in [-0.1, -0.05) is 12.1 Å². The Bertz CT molecular complexity index is 930. The van der Waals surface area contributed by atoms with Gasteiger partial charge >= 0.3 is 5.97 Å². The summed E-state index contributed by atoms with van der Waals surface area (Å²) in [6.45, 7) is 7.98. The van der Waals surface area contributed by atoms with E-state index in [0.29, 0.717) is 32.6 Å². The summed E-state index contributed by atoms with van der Waals surface area (Å²) in [4.78, 5) is 29.7. The lowest BCUT2D eigenvalue weighted by atomic mass is 10.0. The molecule has 1 atom stereocenters. The van der Waals surface area contributed by atoms with Crippen LogP contribution in [0.1, 0.15) is 26.3 Å². The van der Waals surface area contributed by atoms with E-state index in [-0.39, 0.29) is 18.2 Å². The van der Waals surface area contributed by atoms with Crippen molar-refractivity contribution in [2.45, 2.75) is 38.8 Å². The van der Waals surface area contributed by atoms with Gasteiger partial charge in [0.15, 0.2) is 0 Å².